The summed E-state index contributed by atoms with van der Waals surface area (Å²) in [6, 6.07) is 8.38. The van der Waals surface area contributed by atoms with Crippen LogP contribution in [0.15, 0.2) is 28.7 Å². The molecule has 0 bridgehead atoms. The van der Waals surface area contributed by atoms with Gasteiger partial charge in [-0.3, -0.25) is 4.79 Å². The summed E-state index contributed by atoms with van der Waals surface area (Å²) in [7, 11) is 0. The van der Waals surface area contributed by atoms with Gasteiger partial charge in [0, 0.05) is 23.4 Å². The Hall–Kier alpha value is -0.830. The largest absolute Gasteiger partial charge is 0.355 e. The number of amides is 1. The first-order valence-corrected chi connectivity index (χ1v) is 6.07. The highest BCUT2D eigenvalue weighted by Crippen LogP contribution is 2.24. The maximum Gasteiger partial charge on any atom is 0.220 e. The van der Waals surface area contributed by atoms with Crippen molar-refractivity contribution in [3.63, 3.8) is 0 Å². The van der Waals surface area contributed by atoms with Gasteiger partial charge in [0.2, 0.25) is 5.91 Å². The SMILES string of the molecule is O=C1CCC[C@@H](c2ccc(Br)cc2)CN1. The molecule has 2 rings (SSSR count). The monoisotopic (exact) mass is 267 g/mol. The Balaban J connectivity index is 2.09. The van der Waals surface area contributed by atoms with E-state index in [9.17, 15) is 4.79 Å². The number of hydrogen-bond donors (Lipinski definition) is 1. The standard InChI is InChI=1S/C12H14BrNO/c13-11-6-4-9(5-7-11)10-2-1-3-12(15)14-8-10/h4-7,10H,1-3,8H2,(H,14,15)/t10-/m1/s1. The molecule has 1 aromatic rings. The minimum absolute atomic E-state index is 0.189. The van der Waals surface area contributed by atoms with Crippen LogP contribution in [0.2, 0.25) is 0 Å². The smallest absolute Gasteiger partial charge is 0.220 e. The van der Waals surface area contributed by atoms with Gasteiger partial charge in [-0.25, -0.2) is 0 Å². The van der Waals surface area contributed by atoms with E-state index in [1.807, 2.05) is 0 Å². The Morgan fingerprint density at radius 1 is 1.27 bits per heavy atom. The van der Waals surface area contributed by atoms with E-state index in [1.54, 1.807) is 0 Å². The lowest BCUT2D eigenvalue weighted by Gasteiger charge is -2.14. The quantitative estimate of drug-likeness (QED) is 0.833. The molecule has 1 heterocycles. The number of nitrogens with one attached hydrogen (secondary N) is 1. The summed E-state index contributed by atoms with van der Waals surface area (Å²) in [6.07, 6.45) is 2.76. The number of hydrogen-bond acceptors (Lipinski definition) is 1. The van der Waals surface area contributed by atoms with Gasteiger partial charge in [-0.15, -0.1) is 0 Å². The third kappa shape index (κ3) is 2.81. The lowest BCUT2D eigenvalue weighted by Crippen LogP contribution is -2.24. The van der Waals surface area contributed by atoms with Crippen molar-refractivity contribution < 1.29 is 4.79 Å². The summed E-state index contributed by atoms with van der Waals surface area (Å²) in [5, 5.41) is 2.96. The average molecular weight is 268 g/mol. The van der Waals surface area contributed by atoms with Crippen molar-refractivity contribution in [3.8, 4) is 0 Å². The van der Waals surface area contributed by atoms with Gasteiger partial charge in [0.1, 0.15) is 0 Å². The molecule has 80 valence electrons. The molecule has 1 aliphatic heterocycles. The number of carbonyl (C=O) groups is 1. The van der Waals surface area contributed by atoms with Gasteiger partial charge >= 0.3 is 0 Å². The Morgan fingerprint density at radius 2 is 2.00 bits per heavy atom. The predicted octanol–water partition coefficient (Wildman–Crippen LogP) is 2.83. The Bertz CT molecular complexity index is 347. The number of rotatable bonds is 1. The highest BCUT2D eigenvalue weighted by molar-refractivity contribution is 9.10. The zero-order valence-electron chi connectivity index (χ0n) is 8.50. The van der Waals surface area contributed by atoms with Crippen molar-refractivity contribution >= 4 is 21.8 Å². The van der Waals surface area contributed by atoms with Crippen LogP contribution in [-0.4, -0.2) is 12.5 Å². The Kier molecular flexibility index (Phi) is 3.41. The second kappa shape index (κ2) is 4.79. The van der Waals surface area contributed by atoms with E-state index in [2.05, 4.69) is 45.5 Å². The van der Waals surface area contributed by atoms with Crippen LogP contribution in [0.1, 0.15) is 30.7 Å². The second-order valence-corrected chi connectivity index (χ2v) is 4.86. The van der Waals surface area contributed by atoms with Crippen molar-refractivity contribution in [2.75, 3.05) is 6.54 Å². The highest BCUT2D eigenvalue weighted by Gasteiger charge is 2.16. The topological polar surface area (TPSA) is 29.1 Å². The molecule has 0 aromatic heterocycles. The number of carbonyl (C=O) groups excluding carboxylic acids is 1. The molecule has 1 atom stereocenters. The van der Waals surface area contributed by atoms with Crippen LogP contribution < -0.4 is 5.32 Å². The minimum atomic E-state index is 0.189. The van der Waals surface area contributed by atoms with Gasteiger partial charge in [-0.2, -0.15) is 0 Å². The van der Waals surface area contributed by atoms with E-state index in [0.717, 1.165) is 23.9 Å². The van der Waals surface area contributed by atoms with Crippen molar-refractivity contribution in [2.45, 2.75) is 25.2 Å². The molecule has 0 unspecified atom stereocenters. The zero-order valence-corrected chi connectivity index (χ0v) is 10.1. The third-order valence-corrected chi connectivity index (χ3v) is 3.37. The van der Waals surface area contributed by atoms with Gasteiger partial charge < -0.3 is 5.32 Å². The van der Waals surface area contributed by atoms with Crippen LogP contribution in [0.25, 0.3) is 0 Å². The van der Waals surface area contributed by atoms with E-state index in [-0.39, 0.29) is 5.91 Å². The van der Waals surface area contributed by atoms with Gasteiger partial charge in [0.25, 0.3) is 0 Å². The van der Waals surface area contributed by atoms with Gasteiger partial charge in [0.15, 0.2) is 0 Å². The Labute approximate surface area is 98.2 Å². The summed E-state index contributed by atoms with van der Waals surface area (Å²) < 4.78 is 1.10. The normalized spacial score (nSPS) is 21.9. The van der Waals surface area contributed by atoms with Crippen molar-refractivity contribution in [3.05, 3.63) is 34.3 Å². The lowest BCUT2D eigenvalue weighted by atomic mass is 9.95. The summed E-state index contributed by atoms with van der Waals surface area (Å²) in [5.74, 6) is 0.666. The average Bonchev–Trinajstić information content (AvgIpc) is 2.44. The summed E-state index contributed by atoms with van der Waals surface area (Å²) in [5.41, 5.74) is 1.32. The molecule has 1 N–H and O–H groups in total. The summed E-state index contributed by atoms with van der Waals surface area (Å²) in [6.45, 7) is 0.778. The first-order valence-electron chi connectivity index (χ1n) is 5.28. The number of benzene rings is 1. The molecule has 1 saturated heterocycles. The molecule has 0 radical (unpaired) electrons. The number of halogens is 1. The molecule has 3 heteroatoms. The maximum absolute atomic E-state index is 11.2. The molecule has 1 fully saturated rings. The predicted molar refractivity (Wildman–Crippen MR) is 63.7 cm³/mol. The summed E-state index contributed by atoms with van der Waals surface area (Å²) >= 11 is 3.42. The molecule has 1 aromatic carbocycles. The van der Waals surface area contributed by atoms with E-state index >= 15 is 0 Å². The molecule has 1 amide bonds. The van der Waals surface area contributed by atoms with Crippen LogP contribution in [0, 0.1) is 0 Å². The van der Waals surface area contributed by atoms with Gasteiger partial charge in [0.05, 0.1) is 0 Å². The van der Waals surface area contributed by atoms with Crippen LogP contribution in [0.5, 0.6) is 0 Å². The van der Waals surface area contributed by atoms with Crippen LogP contribution >= 0.6 is 15.9 Å². The third-order valence-electron chi connectivity index (χ3n) is 2.84. The van der Waals surface area contributed by atoms with Gasteiger partial charge in [-0.05, 0) is 30.5 Å². The van der Waals surface area contributed by atoms with Crippen molar-refractivity contribution in [2.24, 2.45) is 0 Å². The fraction of sp³-hybridized carbons (Fsp3) is 0.417. The Morgan fingerprint density at radius 3 is 2.73 bits per heavy atom. The fourth-order valence-electron chi connectivity index (χ4n) is 1.96. The van der Waals surface area contributed by atoms with E-state index in [0.29, 0.717) is 12.3 Å². The van der Waals surface area contributed by atoms with Crippen LogP contribution in [0.4, 0.5) is 0 Å². The molecule has 0 spiro atoms. The molecule has 0 aliphatic carbocycles. The molecule has 1 aliphatic rings. The van der Waals surface area contributed by atoms with Crippen molar-refractivity contribution in [1.82, 2.24) is 5.32 Å². The van der Waals surface area contributed by atoms with E-state index in [1.165, 1.54) is 5.56 Å². The summed E-state index contributed by atoms with van der Waals surface area (Å²) in [4.78, 5) is 11.2. The molecule has 0 saturated carbocycles. The van der Waals surface area contributed by atoms with Gasteiger partial charge in [-0.1, -0.05) is 28.1 Å². The van der Waals surface area contributed by atoms with Crippen LogP contribution in [0.3, 0.4) is 0 Å². The molecular weight excluding hydrogens is 254 g/mol. The van der Waals surface area contributed by atoms with E-state index < -0.39 is 0 Å². The molecular formula is C12H14BrNO. The molecule has 15 heavy (non-hydrogen) atoms. The molecule has 2 nitrogen and oxygen atoms in total. The zero-order chi connectivity index (χ0) is 10.7. The minimum Gasteiger partial charge on any atom is -0.355 e. The highest BCUT2D eigenvalue weighted by atomic mass is 79.9. The van der Waals surface area contributed by atoms with Crippen LogP contribution in [-0.2, 0) is 4.79 Å². The fourth-order valence-corrected chi connectivity index (χ4v) is 2.22. The van der Waals surface area contributed by atoms with E-state index in [4.69, 9.17) is 0 Å². The first-order chi connectivity index (χ1) is 7.25. The van der Waals surface area contributed by atoms with Crippen molar-refractivity contribution in [1.29, 1.82) is 0 Å². The second-order valence-electron chi connectivity index (χ2n) is 3.94. The lowest BCUT2D eigenvalue weighted by molar-refractivity contribution is -0.120. The maximum atomic E-state index is 11.2. The first kappa shape index (κ1) is 10.7.